The minimum atomic E-state index is 0.600. The smallest absolute Gasteiger partial charge is 0.155 e. The number of aryl methyl sites for hydroxylation is 1. The second kappa shape index (κ2) is 4.45. The Kier molecular flexibility index (Phi) is 2.81. The Hall–Kier alpha value is -1.42. The summed E-state index contributed by atoms with van der Waals surface area (Å²) in [5, 5.41) is 8.06. The quantitative estimate of drug-likeness (QED) is 0.854. The molecule has 3 rings (SSSR count). The third kappa shape index (κ3) is 2.05. The van der Waals surface area contributed by atoms with E-state index in [9.17, 15) is 0 Å². The van der Waals surface area contributed by atoms with Crippen molar-refractivity contribution < 1.29 is 0 Å². The standard InChI is InChI=1S/C13H18N4/c1-2-10-8-15-13-7-12(16-17(13)9-10)11-3-5-14-6-4-11/h7-9,11,14H,2-6H2,1H3. The Morgan fingerprint density at radius 3 is 3.00 bits per heavy atom. The highest BCUT2D eigenvalue weighted by Gasteiger charge is 2.18. The van der Waals surface area contributed by atoms with E-state index in [0.717, 1.165) is 25.2 Å². The van der Waals surface area contributed by atoms with Gasteiger partial charge in [0.25, 0.3) is 0 Å². The maximum absolute atomic E-state index is 4.67. The second-order valence-electron chi connectivity index (χ2n) is 4.71. The maximum Gasteiger partial charge on any atom is 0.155 e. The van der Waals surface area contributed by atoms with E-state index < -0.39 is 0 Å². The number of rotatable bonds is 2. The lowest BCUT2D eigenvalue weighted by Crippen LogP contribution is -2.26. The van der Waals surface area contributed by atoms with Gasteiger partial charge in [0.1, 0.15) is 0 Å². The third-order valence-electron chi connectivity index (χ3n) is 3.55. The molecule has 2 aromatic rings. The van der Waals surface area contributed by atoms with E-state index in [-0.39, 0.29) is 0 Å². The van der Waals surface area contributed by atoms with E-state index in [1.54, 1.807) is 0 Å². The number of nitrogens with one attached hydrogen (secondary N) is 1. The van der Waals surface area contributed by atoms with Gasteiger partial charge in [0.15, 0.2) is 5.65 Å². The zero-order valence-corrected chi connectivity index (χ0v) is 10.2. The lowest BCUT2D eigenvalue weighted by atomic mass is 9.95. The molecule has 0 bridgehead atoms. The number of hydrogen-bond acceptors (Lipinski definition) is 3. The summed E-state index contributed by atoms with van der Waals surface area (Å²) in [6.45, 7) is 4.35. The summed E-state index contributed by atoms with van der Waals surface area (Å²) < 4.78 is 1.93. The summed E-state index contributed by atoms with van der Waals surface area (Å²) in [4.78, 5) is 4.45. The van der Waals surface area contributed by atoms with E-state index in [0.29, 0.717) is 5.92 Å². The van der Waals surface area contributed by atoms with Crippen LogP contribution >= 0.6 is 0 Å². The number of hydrogen-bond donors (Lipinski definition) is 1. The molecule has 0 aliphatic carbocycles. The zero-order chi connectivity index (χ0) is 11.7. The minimum Gasteiger partial charge on any atom is -0.317 e. The number of nitrogens with zero attached hydrogens (tertiary/aromatic N) is 3. The van der Waals surface area contributed by atoms with E-state index in [1.165, 1.54) is 24.1 Å². The average molecular weight is 230 g/mol. The van der Waals surface area contributed by atoms with Crippen LogP contribution in [0.3, 0.4) is 0 Å². The fourth-order valence-electron chi connectivity index (χ4n) is 2.43. The van der Waals surface area contributed by atoms with Crippen LogP contribution < -0.4 is 5.32 Å². The van der Waals surface area contributed by atoms with Crippen molar-refractivity contribution in [1.82, 2.24) is 19.9 Å². The van der Waals surface area contributed by atoms with Gasteiger partial charge in [-0.3, -0.25) is 0 Å². The first-order chi connectivity index (χ1) is 8.36. The fourth-order valence-corrected chi connectivity index (χ4v) is 2.43. The first-order valence-electron chi connectivity index (χ1n) is 6.41. The largest absolute Gasteiger partial charge is 0.317 e. The molecule has 4 nitrogen and oxygen atoms in total. The second-order valence-corrected chi connectivity index (χ2v) is 4.71. The molecule has 0 amide bonds. The molecule has 0 saturated carbocycles. The Bertz CT molecular complexity index is 511. The van der Waals surface area contributed by atoms with E-state index in [1.807, 2.05) is 10.7 Å². The predicted octanol–water partition coefficient (Wildman–Crippen LogP) is 1.76. The van der Waals surface area contributed by atoms with Crippen LogP contribution in [0.5, 0.6) is 0 Å². The van der Waals surface area contributed by atoms with Crippen molar-refractivity contribution in [3.05, 3.63) is 29.7 Å². The molecule has 1 N–H and O–H groups in total. The van der Waals surface area contributed by atoms with Crippen LogP contribution in [0.15, 0.2) is 18.5 Å². The lowest BCUT2D eigenvalue weighted by molar-refractivity contribution is 0.452. The van der Waals surface area contributed by atoms with Crippen LogP contribution in [0.25, 0.3) is 5.65 Å². The number of fused-ring (bicyclic) bond motifs is 1. The first kappa shape index (κ1) is 10.7. The molecule has 3 heterocycles. The van der Waals surface area contributed by atoms with Gasteiger partial charge in [-0.05, 0) is 37.9 Å². The minimum absolute atomic E-state index is 0.600. The lowest BCUT2D eigenvalue weighted by Gasteiger charge is -2.20. The van der Waals surface area contributed by atoms with Gasteiger partial charge in [-0.25, -0.2) is 9.50 Å². The van der Waals surface area contributed by atoms with Crippen LogP contribution in [0, 0.1) is 0 Å². The van der Waals surface area contributed by atoms with E-state index >= 15 is 0 Å². The highest BCUT2D eigenvalue weighted by molar-refractivity contribution is 5.40. The monoisotopic (exact) mass is 230 g/mol. The summed E-state index contributed by atoms with van der Waals surface area (Å²) in [7, 11) is 0. The molecule has 2 aromatic heterocycles. The molecule has 0 radical (unpaired) electrons. The highest BCUT2D eigenvalue weighted by Crippen LogP contribution is 2.24. The van der Waals surface area contributed by atoms with Gasteiger partial charge in [0.05, 0.1) is 5.69 Å². The average Bonchev–Trinajstić information content (AvgIpc) is 2.82. The third-order valence-corrected chi connectivity index (χ3v) is 3.55. The van der Waals surface area contributed by atoms with Crippen LogP contribution in [-0.4, -0.2) is 27.7 Å². The summed E-state index contributed by atoms with van der Waals surface area (Å²) in [6, 6.07) is 2.13. The van der Waals surface area contributed by atoms with E-state index in [4.69, 9.17) is 0 Å². The molecule has 1 aliphatic rings. The molecule has 1 saturated heterocycles. The van der Waals surface area contributed by atoms with Crippen molar-refractivity contribution >= 4 is 5.65 Å². The van der Waals surface area contributed by atoms with Crippen molar-refractivity contribution in [2.24, 2.45) is 0 Å². The van der Waals surface area contributed by atoms with Crippen molar-refractivity contribution in [3.8, 4) is 0 Å². The van der Waals surface area contributed by atoms with Gasteiger partial charge in [-0.1, -0.05) is 6.92 Å². The molecular weight excluding hydrogens is 212 g/mol. The summed E-state index contributed by atoms with van der Waals surface area (Å²) in [5.74, 6) is 0.600. The SMILES string of the molecule is CCc1cnc2cc(C3CCNCC3)nn2c1. The van der Waals surface area contributed by atoms with E-state index in [2.05, 4.69) is 34.6 Å². The molecule has 1 aliphatic heterocycles. The molecule has 0 aromatic carbocycles. The topological polar surface area (TPSA) is 42.2 Å². The van der Waals surface area contributed by atoms with Crippen molar-refractivity contribution in [2.45, 2.75) is 32.1 Å². The van der Waals surface area contributed by atoms with Gasteiger partial charge < -0.3 is 5.32 Å². The van der Waals surface area contributed by atoms with Gasteiger partial charge in [0, 0.05) is 24.4 Å². The van der Waals surface area contributed by atoms with Gasteiger partial charge in [-0.2, -0.15) is 5.10 Å². The van der Waals surface area contributed by atoms with Crippen LogP contribution in [0.4, 0.5) is 0 Å². The summed E-state index contributed by atoms with van der Waals surface area (Å²) in [6.07, 6.45) is 7.41. The van der Waals surface area contributed by atoms with Gasteiger partial charge >= 0.3 is 0 Å². The van der Waals surface area contributed by atoms with Crippen LogP contribution in [0.1, 0.15) is 36.9 Å². The fraction of sp³-hybridized carbons (Fsp3) is 0.538. The van der Waals surface area contributed by atoms with Crippen molar-refractivity contribution in [2.75, 3.05) is 13.1 Å². The number of piperidine rings is 1. The first-order valence-corrected chi connectivity index (χ1v) is 6.41. The molecule has 90 valence electrons. The van der Waals surface area contributed by atoms with Gasteiger partial charge in [-0.15, -0.1) is 0 Å². The Morgan fingerprint density at radius 2 is 2.24 bits per heavy atom. The maximum atomic E-state index is 4.67. The predicted molar refractivity (Wildman–Crippen MR) is 67.2 cm³/mol. The zero-order valence-electron chi connectivity index (χ0n) is 10.2. The summed E-state index contributed by atoms with van der Waals surface area (Å²) in [5.41, 5.74) is 3.40. The molecule has 4 heteroatoms. The van der Waals surface area contributed by atoms with Crippen LogP contribution in [0.2, 0.25) is 0 Å². The Morgan fingerprint density at radius 1 is 1.41 bits per heavy atom. The Labute approximate surface area is 101 Å². The normalized spacial score (nSPS) is 17.7. The van der Waals surface area contributed by atoms with Gasteiger partial charge in [0.2, 0.25) is 0 Å². The Balaban J connectivity index is 1.95. The van der Waals surface area contributed by atoms with Crippen molar-refractivity contribution in [1.29, 1.82) is 0 Å². The molecular formula is C13H18N4. The molecule has 17 heavy (non-hydrogen) atoms. The molecule has 0 atom stereocenters. The molecule has 0 unspecified atom stereocenters. The molecule has 0 spiro atoms. The van der Waals surface area contributed by atoms with Crippen LogP contribution in [-0.2, 0) is 6.42 Å². The highest BCUT2D eigenvalue weighted by atomic mass is 15.2. The van der Waals surface area contributed by atoms with Crippen molar-refractivity contribution in [3.63, 3.8) is 0 Å². The molecule has 1 fully saturated rings. The summed E-state index contributed by atoms with van der Waals surface area (Å²) >= 11 is 0. The number of aromatic nitrogens is 3.